The number of nitrogens with two attached hydrogens (primary N) is 1. The smallest absolute Gasteiger partial charge is 0.124 e. The lowest BCUT2D eigenvalue weighted by atomic mass is 9.90. The first kappa shape index (κ1) is 14.4. The van der Waals surface area contributed by atoms with Crippen LogP contribution in [0.4, 0.5) is 0 Å². The average molecular weight is 262 g/mol. The third-order valence-corrected chi connectivity index (χ3v) is 4.31. The second-order valence-corrected chi connectivity index (χ2v) is 5.80. The molecule has 0 bridgehead atoms. The van der Waals surface area contributed by atoms with Gasteiger partial charge in [-0.05, 0) is 43.4 Å². The Morgan fingerprint density at radius 3 is 2.58 bits per heavy atom. The standard InChI is InChI=1S/C16H26N2O/c1-11-8-12(2)16(15(9-11)19-3)14(18-17)10-13-6-4-5-7-13/h8-9,13-14,18H,4-7,10,17H2,1-3H3. The van der Waals surface area contributed by atoms with Crippen molar-refractivity contribution in [3.63, 3.8) is 0 Å². The first-order valence-corrected chi connectivity index (χ1v) is 7.27. The molecule has 0 heterocycles. The molecule has 1 unspecified atom stereocenters. The predicted molar refractivity (Wildman–Crippen MR) is 79.1 cm³/mol. The van der Waals surface area contributed by atoms with Gasteiger partial charge in [0, 0.05) is 5.56 Å². The molecule has 0 spiro atoms. The molecular formula is C16H26N2O. The summed E-state index contributed by atoms with van der Waals surface area (Å²) in [6.07, 6.45) is 6.52. The number of nitrogens with one attached hydrogen (secondary N) is 1. The number of aryl methyl sites for hydroxylation is 2. The Hall–Kier alpha value is -1.06. The molecule has 1 aromatic carbocycles. The van der Waals surface area contributed by atoms with Crippen LogP contribution >= 0.6 is 0 Å². The van der Waals surface area contributed by atoms with Gasteiger partial charge in [-0.25, -0.2) is 0 Å². The maximum Gasteiger partial charge on any atom is 0.124 e. The van der Waals surface area contributed by atoms with Crippen molar-refractivity contribution < 1.29 is 4.74 Å². The molecule has 106 valence electrons. The summed E-state index contributed by atoms with van der Waals surface area (Å²) in [7, 11) is 1.74. The van der Waals surface area contributed by atoms with Gasteiger partial charge in [-0.15, -0.1) is 0 Å². The summed E-state index contributed by atoms with van der Waals surface area (Å²) in [5, 5.41) is 0. The minimum Gasteiger partial charge on any atom is -0.496 e. The molecule has 1 saturated carbocycles. The van der Waals surface area contributed by atoms with Gasteiger partial charge in [0.05, 0.1) is 13.2 Å². The number of hydrazine groups is 1. The van der Waals surface area contributed by atoms with Crippen LogP contribution in [-0.4, -0.2) is 7.11 Å². The van der Waals surface area contributed by atoms with Gasteiger partial charge in [-0.1, -0.05) is 31.7 Å². The van der Waals surface area contributed by atoms with E-state index in [-0.39, 0.29) is 6.04 Å². The van der Waals surface area contributed by atoms with Gasteiger partial charge in [-0.2, -0.15) is 0 Å². The van der Waals surface area contributed by atoms with Gasteiger partial charge in [0.15, 0.2) is 0 Å². The Morgan fingerprint density at radius 1 is 1.32 bits per heavy atom. The van der Waals surface area contributed by atoms with Gasteiger partial charge in [0.25, 0.3) is 0 Å². The molecule has 19 heavy (non-hydrogen) atoms. The van der Waals surface area contributed by atoms with Crippen molar-refractivity contribution in [1.82, 2.24) is 5.43 Å². The largest absolute Gasteiger partial charge is 0.496 e. The maximum atomic E-state index is 5.81. The minimum atomic E-state index is 0.193. The van der Waals surface area contributed by atoms with E-state index in [9.17, 15) is 0 Å². The molecule has 0 saturated heterocycles. The number of hydrogen-bond donors (Lipinski definition) is 2. The lowest BCUT2D eigenvalue weighted by Crippen LogP contribution is -2.30. The van der Waals surface area contributed by atoms with Gasteiger partial charge < -0.3 is 4.74 Å². The molecule has 1 atom stereocenters. The number of hydrogen-bond acceptors (Lipinski definition) is 3. The van der Waals surface area contributed by atoms with E-state index >= 15 is 0 Å². The van der Waals surface area contributed by atoms with E-state index in [2.05, 4.69) is 31.4 Å². The van der Waals surface area contributed by atoms with Crippen molar-refractivity contribution >= 4 is 0 Å². The summed E-state index contributed by atoms with van der Waals surface area (Å²) in [5.41, 5.74) is 6.72. The second-order valence-electron chi connectivity index (χ2n) is 5.80. The first-order valence-electron chi connectivity index (χ1n) is 7.27. The van der Waals surface area contributed by atoms with E-state index in [0.717, 1.165) is 18.1 Å². The van der Waals surface area contributed by atoms with Crippen molar-refractivity contribution in [2.45, 2.75) is 52.0 Å². The van der Waals surface area contributed by atoms with Crippen LogP contribution in [0.1, 0.15) is 54.8 Å². The second kappa shape index (κ2) is 6.40. The predicted octanol–water partition coefficient (Wildman–Crippen LogP) is 3.40. The summed E-state index contributed by atoms with van der Waals surface area (Å²) in [6, 6.07) is 4.50. The fourth-order valence-electron chi connectivity index (χ4n) is 3.40. The summed E-state index contributed by atoms with van der Waals surface area (Å²) in [5.74, 6) is 7.56. The number of benzene rings is 1. The van der Waals surface area contributed by atoms with Crippen LogP contribution in [0.3, 0.4) is 0 Å². The van der Waals surface area contributed by atoms with Crippen LogP contribution in [-0.2, 0) is 0 Å². The molecule has 3 N–H and O–H groups in total. The van der Waals surface area contributed by atoms with E-state index in [1.165, 1.54) is 42.4 Å². The molecule has 0 aromatic heterocycles. The lowest BCUT2D eigenvalue weighted by molar-refractivity contribution is 0.368. The molecule has 2 rings (SSSR count). The van der Waals surface area contributed by atoms with Crippen molar-refractivity contribution in [2.24, 2.45) is 11.8 Å². The summed E-state index contributed by atoms with van der Waals surface area (Å²) in [4.78, 5) is 0. The highest BCUT2D eigenvalue weighted by molar-refractivity contribution is 5.45. The minimum absolute atomic E-state index is 0.193. The van der Waals surface area contributed by atoms with Crippen molar-refractivity contribution in [1.29, 1.82) is 0 Å². The van der Waals surface area contributed by atoms with Crippen LogP contribution in [0.5, 0.6) is 5.75 Å². The Morgan fingerprint density at radius 2 is 2.00 bits per heavy atom. The monoisotopic (exact) mass is 262 g/mol. The van der Waals surface area contributed by atoms with E-state index in [0.29, 0.717) is 0 Å². The fourth-order valence-corrected chi connectivity index (χ4v) is 3.40. The quantitative estimate of drug-likeness (QED) is 0.631. The van der Waals surface area contributed by atoms with Crippen molar-refractivity contribution in [3.8, 4) is 5.75 Å². The Kier molecular flexibility index (Phi) is 4.83. The molecule has 0 radical (unpaired) electrons. The number of rotatable bonds is 5. The summed E-state index contributed by atoms with van der Waals surface area (Å²) >= 11 is 0. The van der Waals surface area contributed by atoms with E-state index in [1.54, 1.807) is 7.11 Å². The third kappa shape index (κ3) is 3.28. The fraction of sp³-hybridized carbons (Fsp3) is 0.625. The zero-order valence-corrected chi connectivity index (χ0v) is 12.3. The molecule has 1 aliphatic carbocycles. The van der Waals surface area contributed by atoms with E-state index < -0.39 is 0 Å². The lowest BCUT2D eigenvalue weighted by Gasteiger charge is -2.24. The molecule has 0 aliphatic heterocycles. The average Bonchev–Trinajstić information content (AvgIpc) is 2.88. The van der Waals surface area contributed by atoms with Gasteiger partial charge in [-0.3, -0.25) is 11.3 Å². The third-order valence-electron chi connectivity index (χ3n) is 4.31. The molecule has 1 aliphatic rings. The van der Waals surface area contributed by atoms with Crippen LogP contribution < -0.4 is 16.0 Å². The zero-order valence-electron chi connectivity index (χ0n) is 12.3. The Bertz CT molecular complexity index is 425. The maximum absolute atomic E-state index is 5.81. The summed E-state index contributed by atoms with van der Waals surface area (Å²) < 4.78 is 5.56. The number of ether oxygens (including phenoxy) is 1. The van der Waals surface area contributed by atoms with Gasteiger partial charge in [0.2, 0.25) is 0 Å². The highest BCUT2D eigenvalue weighted by Crippen LogP contribution is 2.37. The molecule has 0 amide bonds. The highest BCUT2D eigenvalue weighted by atomic mass is 16.5. The molecule has 1 aromatic rings. The van der Waals surface area contributed by atoms with Crippen LogP contribution in [0.25, 0.3) is 0 Å². The first-order chi connectivity index (χ1) is 9.15. The van der Waals surface area contributed by atoms with Crippen molar-refractivity contribution in [2.75, 3.05) is 7.11 Å². The SMILES string of the molecule is COc1cc(C)cc(C)c1C(CC1CCCC1)NN. The highest BCUT2D eigenvalue weighted by Gasteiger charge is 2.24. The topological polar surface area (TPSA) is 47.3 Å². The normalized spacial score (nSPS) is 17.7. The van der Waals surface area contributed by atoms with Gasteiger partial charge >= 0.3 is 0 Å². The van der Waals surface area contributed by atoms with Crippen LogP contribution in [0, 0.1) is 19.8 Å². The van der Waals surface area contributed by atoms with Crippen LogP contribution in [0.15, 0.2) is 12.1 Å². The Balaban J connectivity index is 2.25. The molecular weight excluding hydrogens is 236 g/mol. The zero-order chi connectivity index (χ0) is 13.8. The van der Waals surface area contributed by atoms with Crippen LogP contribution in [0.2, 0.25) is 0 Å². The van der Waals surface area contributed by atoms with Crippen molar-refractivity contribution in [3.05, 3.63) is 28.8 Å². The van der Waals surface area contributed by atoms with E-state index in [1.807, 2.05) is 0 Å². The molecule has 3 heteroatoms. The summed E-state index contributed by atoms with van der Waals surface area (Å²) in [6.45, 7) is 4.24. The Labute approximate surface area is 116 Å². The van der Waals surface area contributed by atoms with E-state index in [4.69, 9.17) is 10.6 Å². The van der Waals surface area contributed by atoms with Gasteiger partial charge in [0.1, 0.15) is 5.75 Å². The molecule has 1 fully saturated rings. The molecule has 3 nitrogen and oxygen atoms in total. The number of methoxy groups -OCH3 is 1.